The zero-order chi connectivity index (χ0) is 14.8. The molecule has 1 aromatic carbocycles. The summed E-state index contributed by atoms with van der Waals surface area (Å²) in [6.07, 6.45) is 3.57. The van der Waals surface area contributed by atoms with Crippen molar-refractivity contribution in [1.82, 2.24) is 0 Å². The van der Waals surface area contributed by atoms with Crippen molar-refractivity contribution in [3.8, 4) is 11.5 Å². The molecule has 21 heavy (non-hydrogen) atoms. The molecule has 0 fully saturated rings. The first kappa shape index (κ1) is 14.7. The predicted molar refractivity (Wildman–Crippen MR) is 90.9 cm³/mol. The number of rotatable bonds is 4. The Hall–Kier alpha value is -1.20. The molecular weight excluding hydrogens is 350 g/mol. The molecule has 1 aliphatic rings. The summed E-state index contributed by atoms with van der Waals surface area (Å²) in [4.78, 5) is 1.49. The van der Waals surface area contributed by atoms with Crippen molar-refractivity contribution in [2.45, 2.75) is 25.3 Å². The van der Waals surface area contributed by atoms with Crippen molar-refractivity contribution in [2.75, 3.05) is 19.5 Å². The maximum Gasteiger partial charge on any atom is 0.162 e. The Morgan fingerprint density at radius 1 is 1.19 bits per heavy atom. The van der Waals surface area contributed by atoms with E-state index < -0.39 is 0 Å². The highest BCUT2D eigenvalue weighted by atomic mass is 79.9. The summed E-state index contributed by atoms with van der Waals surface area (Å²) in [6, 6.07) is 8.59. The summed E-state index contributed by atoms with van der Waals surface area (Å²) in [6.45, 7) is 0. The number of aryl methyl sites for hydroxylation is 1. The summed E-state index contributed by atoms with van der Waals surface area (Å²) >= 11 is 5.45. The first-order valence-corrected chi connectivity index (χ1v) is 8.59. The molecule has 0 amide bonds. The summed E-state index contributed by atoms with van der Waals surface area (Å²) in [5.41, 5.74) is 2.49. The Morgan fingerprint density at radius 2 is 2.00 bits per heavy atom. The minimum atomic E-state index is 0.370. The van der Waals surface area contributed by atoms with Crippen molar-refractivity contribution in [3.63, 3.8) is 0 Å². The van der Waals surface area contributed by atoms with Gasteiger partial charge < -0.3 is 14.8 Å². The minimum absolute atomic E-state index is 0.370. The lowest BCUT2D eigenvalue weighted by atomic mass is 9.94. The Balaban J connectivity index is 1.84. The predicted octanol–water partition coefficient (Wildman–Crippen LogP) is 5.02. The summed E-state index contributed by atoms with van der Waals surface area (Å²) < 4.78 is 11.9. The number of anilines is 1. The molecule has 3 nitrogen and oxygen atoms in total. The number of ether oxygens (including phenoxy) is 2. The first-order valence-electron chi connectivity index (χ1n) is 6.98. The van der Waals surface area contributed by atoms with Crippen molar-refractivity contribution < 1.29 is 9.47 Å². The van der Waals surface area contributed by atoms with Crippen LogP contribution in [-0.2, 0) is 6.42 Å². The van der Waals surface area contributed by atoms with Gasteiger partial charge in [0.1, 0.15) is 0 Å². The Bertz CT molecular complexity index is 641. The smallest absolute Gasteiger partial charge is 0.162 e. The molecular formula is C16H18BrNO2S. The van der Waals surface area contributed by atoms with Crippen LogP contribution in [0.25, 0.3) is 0 Å². The van der Waals surface area contributed by atoms with Crippen LogP contribution in [-0.4, -0.2) is 14.2 Å². The third-order valence-electron chi connectivity index (χ3n) is 3.81. The lowest BCUT2D eigenvalue weighted by Gasteiger charge is -2.25. The van der Waals surface area contributed by atoms with E-state index in [1.807, 2.05) is 29.5 Å². The standard InChI is InChI=1S/C16H18BrNO2S/c1-19-13-7-6-10(8-14(13)20-2)18-12-4-3-5-15-11(12)9-16(17)21-15/h6-9,12,18H,3-5H2,1-2H3. The van der Waals surface area contributed by atoms with Crippen molar-refractivity contribution in [2.24, 2.45) is 0 Å². The Kier molecular flexibility index (Phi) is 4.40. The van der Waals surface area contributed by atoms with E-state index in [1.165, 1.54) is 27.1 Å². The molecule has 1 heterocycles. The Labute approximate surface area is 137 Å². The van der Waals surface area contributed by atoms with Gasteiger partial charge in [-0.2, -0.15) is 0 Å². The molecule has 1 aliphatic carbocycles. The lowest BCUT2D eigenvalue weighted by Crippen LogP contribution is -2.15. The van der Waals surface area contributed by atoms with Gasteiger partial charge in [0.15, 0.2) is 11.5 Å². The summed E-state index contributed by atoms with van der Waals surface area (Å²) in [5.74, 6) is 1.51. The fourth-order valence-electron chi connectivity index (χ4n) is 2.80. The van der Waals surface area contributed by atoms with E-state index in [1.54, 1.807) is 14.2 Å². The van der Waals surface area contributed by atoms with Gasteiger partial charge in [-0.3, -0.25) is 0 Å². The monoisotopic (exact) mass is 367 g/mol. The molecule has 3 rings (SSSR count). The van der Waals surface area contributed by atoms with Gasteiger partial charge in [-0.1, -0.05) is 0 Å². The first-order chi connectivity index (χ1) is 10.2. The number of hydrogen-bond donors (Lipinski definition) is 1. The number of benzene rings is 1. The molecule has 2 aromatic rings. The van der Waals surface area contributed by atoms with Crippen LogP contribution in [0.3, 0.4) is 0 Å². The average Bonchev–Trinajstić information content (AvgIpc) is 2.88. The molecule has 1 N–H and O–H groups in total. The van der Waals surface area contributed by atoms with Crippen LogP contribution in [0.4, 0.5) is 5.69 Å². The van der Waals surface area contributed by atoms with Crippen LogP contribution in [0, 0.1) is 0 Å². The van der Waals surface area contributed by atoms with Gasteiger partial charge in [-0.25, -0.2) is 0 Å². The molecule has 0 saturated heterocycles. The number of hydrogen-bond acceptors (Lipinski definition) is 4. The van der Waals surface area contributed by atoms with Crippen molar-refractivity contribution >= 4 is 33.0 Å². The number of thiophene rings is 1. The van der Waals surface area contributed by atoms with E-state index in [0.717, 1.165) is 23.6 Å². The van der Waals surface area contributed by atoms with Crippen molar-refractivity contribution in [3.05, 3.63) is 38.5 Å². The second-order valence-electron chi connectivity index (χ2n) is 5.09. The molecule has 1 aromatic heterocycles. The highest BCUT2D eigenvalue weighted by Crippen LogP contribution is 2.40. The van der Waals surface area contributed by atoms with Crippen molar-refractivity contribution in [1.29, 1.82) is 0 Å². The third-order valence-corrected chi connectivity index (χ3v) is 5.52. The molecule has 0 radical (unpaired) electrons. The second kappa shape index (κ2) is 6.28. The normalized spacial score (nSPS) is 17.2. The second-order valence-corrected chi connectivity index (χ2v) is 7.60. The fraction of sp³-hybridized carbons (Fsp3) is 0.375. The molecule has 0 bridgehead atoms. The van der Waals surface area contributed by atoms with Gasteiger partial charge in [0.2, 0.25) is 0 Å². The minimum Gasteiger partial charge on any atom is -0.493 e. The van der Waals surface area contributed by atoms with Crippen LogP contribution < -0.4 is 14.8 Å². The third kappa shape index (κ3) is 3.04. The lowest BCUT2D eigenvalue weighted by molar-refractivity contribution is 0.355. The largest absolute Gasteiger partial charge is 0.493 e. The molecule has 0 spiro atoms. The summed E-state index contributed by atoms with van der Waals surface area (Å²) in [7, 11) is 3.32. The zero-order valence-corrected chi connectivity index (χ0v) is 14.5. The highest BCUT2D eigenvalue weighted by Gasteiger charge is 2.22. The maximum absolute atomic E-state index is 5.37. The van der Waals surface area contributed by atoms with E-state index in [9.17, 15) is 0 Å². The van der Waals surface area contributed by atoms with Gasteiger partial charge in [0.25, 0.3) is 0 Å². The fourth-order valence-corrected chi connectivity index (χ4v) is 4.62. The molecule has 112 valence electrons. The molecule has 5 heteroatoms. The van der Waals surface area contributed by atoms with E-state index >= 15 is 0 Å². The highest BCUT2D eigenvalue weighted by molar-refractivity contribution is 9.11. The van der Waals surface area contributed by atoms with Crippen LogP contribution in [0.5, 0.6) is 11.5 Å². The molecule has 1 unspecified atom stereocenters. The van der Waals surface area contributed by atoms with E-state index in [2.05, 4.69) is 27.3 Å². The molecule has 1 atom stereocenters. The van der Waals surface area contributed by atoms with Gasteiger partial charge in [0, 0.05) is 16.6 Å². The molecule has 0 saturated carbocycles. The van der Waals surface area contributed by atoms with Crippen LogP contribution in [0.2, 0.25) is 0 Å². The van der Waals surface area contributed by atoms with Crippen LogP contribution in [0.1, 0.15) is 29.3 Å². The number of nitrogens with one attached hydrogen (secondary N) is 1. The SMILES string of the molecule is COc1ccc(NC2CCCc3sc(Br)cc32)cc1OC. The number of methoxy groups -OCH3 is 2. The van der Waals surface area contributed by atoms with Crippen LogP contribution >= 0.6 is 27.3 Å². The van der Waals surface area contributed by atoms with E-state index in [-0.39, 0.29) is 0 Å². The van der Waals surface area contributed by atoms with Gasteiger partial charge >= 0.3 is 0 Å². The van der Waals surface area contributed by atoms with Crippen LogP contribution in [0.15, 0.2) is 28.1 Å². The van der Waals surface area contributed by atoms with Gasteiger partial charge in [-0.05, 0) is 59.0 Å². The molecule has 0 aliphatic heterocycles. The summed E-state index contributed by atoms with van der Waals surface area (Å²) in [5, 5.41) is 3.63. The topological polar surface area (TPSA) is 30.5 Å². The van der Waals surface area contributed by atoms with Gasteiger partial charge in [0.05, 0.1) is 24.0 Å². The maximum atomic E-state index is 5.37. The quantitative estimate of drug-likeness (QED) is 0.822. The van der Waals surface area contributed by atoms with E-state index in [4.69, 9.17) is 9.47 Å². The van der Waals surface area contributed by atoms with E-state index in [0.29, 0.717) is 6.04 Å². The van der Waals surface area contributed by atoms with Gasteiger partial charge in [-0.15, -0.1) is 11.3 Å². The zero-order valence-electron chi connectivity index (χ0n) is 12.1. The number of fused-ring (bicyclic) bond motifs is 1. The number of halogens is 1. The average molecular weight is 368 g/mol. The Morgan fingerprint density at radius 3 is 2.76 bits per heavy atom.